The quantitative estimate of drug-likeness (QED) is 0.221. The molecule has 57 heavy (non-hydrogen) atoms. The minimum atomic E-state index is -4.76. The molecule has 1 saturated carbocycles. The van der Waals surface area contributed by atoms with Gasteiger partial charge in [-0.3, -0.25) is 34.4 Å². The van der Waals surface area contributed by atoms with Gasteiger partial charge in [0.05, 0.1) is 35.5 Å². The predicted molar refractivity (Wildman–Crippen MR) is 211 cm³/mol. The molecule has 5 amide bonds. The van der Waals surface area contributed by atoms with Crippen molar-refractivity contribution in [2.45, 2.75) is 102 Å². The molecule has 0 bridgehead atoms. The number of hydrogen-bond donors (Lipinski definition) is 2. The van der Waals surface area contributed by atoms with E-state index in [1.54, 1.807) is 44.2 Å². The standard InChI is InChI=1S/C40H49F3N8O5S/c1-25-22-47(23-26(2)49(25)24-35(53)45-28-7-10-29(11-8-28)48-18-16-34(52)46-37(48)55)17-5-19-56-32-14-12-30(13-15-32)51-38(57)50(36(54)39(51,3)4)31-9-6-27(21-44)33(20-31)40(41,42)43/h6-11,20,25-26,30,32H,5,12-19,22-24H2,1-4H3,(H,45,53)(H,46,52,55)/t25-,26+,30?,32?. The van der Waals surface area contributed by atoms with Gasteiger partial charge in [0.15, 0.2) is 5.11 Å². The number of urea groups is 1. The van der Waals surface area contributed by atoms with Crippen molar-refractivity contribution < 1.29 is 37.1 Å². The lowest BCUT2D eigenvalue weighted by Crippen LogP contribution is -2.58. The zero-order chi connectivity index (χ0) is 41.2. The molecule has 17 heteroatoms. The van der Waals surface area contributed by atoms with Gasteiger partial charge in [0.2, 0.25) is 11.8 Å². The number of carbonyl (C=O) groups is 4. The molecule has 3 heterocycles. The molecule has 13 nitrogen and oxygen atoms in total. The van der Waals surface area contributed by atoms with Crippen molar-refractivity contribution in [3.63, 3.8) is 0 Å². The summed E-state index contributed by atoms with van der Waals surface area (Å²) in [6.45, 7) is 11.4. The third-order valence-corrected chi connectivity index (χ3v) is 11.8. The predicted octanol–water partition coefficient (Wildman–Crippen LogP) is 5.49. The van der Waals surface area contributed by atoms with Gasteiger partial charge >= 0.3 is 12.2 Å². The number of benzene rings is 2. The molecule has 0 aromatic heterocycles. The summed E-state index contributed by atoms with van der Waals surface area (Å²) < 4.78 is 47.4. The Balaban J connectivity index is 0.918. The number of amides is 5. The average Bonchev–Trinajstić information content (AvgIpc) is 3.33. The molecular weight excluding hydrogens is 762 g/mol. The molecule has 2 aromatic rings. The zero-order valence-electron chi connectivity index (χ0n) is 32.6. The first-order chi connectivity index (χ1) is 27.0. The zero-order valence-corrected chi connectivity index (χ0v) is 33.4. The number of hydrogen-bond acceptors (Lipinski definition) is 9. The van der Waals surface area contributed by atoms with Crippen LogP contribution in [-0.4, -0.2) is 113 Å². The summed E-state index contributed by atoms with van der Waals surface area (Å²) in [5.74, 6) is -0.826. The van der Waals surface area contributed by atoms with E-state index in [2.05, 4.69) is 34.3 Å². The van der Waals surface area contributed by atoms with Gasteiger partial charge in [0.1, 0.15) is 5.54 Å². The van der Waals surface area contributed by atoms with E-state index in [4.69, 9.17) is 17.0 Å². The Labute approximate surface area is 336 Å². The third-order valence-electron chi connectivity index (χ3n) is 11.4. The molecule has 0 radical (unpaired) electrons. The van der Waals surface area contributed by atoms with Gasteiger partial charge in [-0.25, -0.2) is 4.79 Å². The molecule has 6 rings (SSSR count). The lowest BCUT2D eigenvalue weighted by molar-refractivity contribution is -0.137. The van der Waals surface area contributed by atoms with Crippen LogP contribution in [0.4, 0.5) is 35.0 Å². The minimum absolute atomic E-state index is 0.00825. The summed E-state index contributed by atoms with van der Waals surface area (Å²) in [5, 5.41) is 14.6. The number of nitrogens with one attached hydrogen (secondary N) is 2. The van der Waals surface area contributed by atoms with Crippen molar-refractivity contribution in [3.8, 4) is 6.07 Å². The lowest BCUT2D eigenvalue weighted by atomic mass is 9.89. The van der Waals surface area contributed by atoms with Gasteiger partial charge in [-0.05, 0) is 114 Å². The van der Waals surface area contributed by atoms with Gasteiger partial charge < -0.3 is 19.9 Å². The van der Waals surface area contributed by atoms with Crippen molar-refractivity contribution in [3.05, 3.63) is 53.6 Å². The average molecular weight is 811 g/mol. The van der Waals surface area contributed by atoms with Crippen molar-refractivity contribution in [2.24, 2.45) is 0 Å². The summed E-state index contributed by atoms with van der Waals surface area (Å²) in [6.07, 6.45) is -0.661. The maximum Gasteiger partial charge on any atom is 0.417 e. The molecule has 2 aromatic carbocycles. The van der Waals surface area contributed by atoms with E-state index in [0.717, 1.165) is 55.9 Å². The highest BCUT2D eigenvalue weighted by Gasteiger charge is 2.52. The molecule has 306 valence electrons. The largest absolute Gasteiger partial charge is 0.417 e. The first-order valence-electron chi connectivity index (χ1n) is 19.4. The summed E-state index contributed by atoms with van der Waals surface area (Å²) in [5.41, 5.74) is -1.42. The fourth-order valence-electron chi connectivity index (χ4n) is 8.52. The molecule has 4 aliphatic rings. The molecule has 3 aliphatic heterocycles. The Hall–Kier alpha value is -4.63. The van der Waals surface area contributed by atoms with Crippen molar-refractivity contribution in [1.29, 1.82) is 5.26 Å². The van der Waals surface area contributed by atoms with Crippen LogP contribution in [0.1, 0.15) is 77.3 Å². The highest BCUT2D eigenvalue weighted by Crippen LogP contribution is 2.40. The van der Waals surface area contributed by atoms with Crippen LogP contribution in [0.25, 0.3) is 0 Å². The number of imide groups is 1. The minimum Gasteiger partial charge on any atom is -0.378 e. The van der Waals surface area contributed by atoms with Crippen LogP contribution in [0.3, 0.4) is 0 Å². The van der Waals surface area contributed by atoms with E-state index < -0.39 is 34.8 Å². The Morgan fingerprint density at radius 2 is 1.67 bits per heavy atom. The Bertz CT molecular complexity index is 1900. The van der Waals surface area contributed by atoms with Crippen molar-refractivity contribution >= 4 is 58.1 Å². The number of alkyl halides is 3. The molecule has 0 spiro atoms. The Kier molecular flexibility index (Phi) is 12.6. The van der Waals surface area contributed by atoms with Crippen molar-refractivity contribution in [2.75, 3.05) is 54.4 Å². The Morgan fingerprint density at radius 3 is 2.28 bits per heavy atom. The number of anilines is 3. The van der Waals surface area contributed by atoms with Gasteiger partial charge in [-0.15, -0.1) is 0 Å². The van der Waals surface area contributed by atoms with E-state index in [1.165, 1.54) is 11.0 Å². The number of carbonyl (C=O) groups excluding carboxylic acids is 4. The monoisotopic (exact) mass is 810 g/mol. The van der Waals surface area contributed by atoms with Crippen molar-refractivity contribution in [1.82, 2.24) is 20.0 Å². The first kappa shape index (κ1) is 42.0. The maximum atomic E-state index is 13.7. The SMILES string of the molecule is C[C@@H]1CN(CCCOC2CCC(N3C(=S)N(c4ccc(C#N)c(C(F)(F)F)c4)C(=O)C3(C)C)CC2)C[C@H](C)N1CC(=O)Nc1ccc(N2CCC(=O)NC2=O)cc1. The fourth-order valence-corrected chi connectivity index (χ4v) is 9.09. The topological polar surface area (TPSA) is 142 Å². The third kappa shape index (κ3) is 9.25. The van der Waals surface area contributed by atoms with Gasteiger partial charge in [-0.2, -0.15) is 18.4 Å². The summed E-state index contributed by atoms with van der Waals surface area (Å²) in [4.78, 5) is 59.3. The second-order valence-corrected chi connectivity index (χ2v) is 16.2. The van der Waals surface area contributed by atoms with E-state index >= 15 is 0 Å². The van der Waals surface area contributed by atoms with E-state index in [-0.39, 0.29) is 59.8 Å². The van der Waals surface area contributed by atoms with Crippen LogP contribution in [0, 0.1) is 11.3 Å². The number of nitrogens with zero attached hydrogens (tertiary/aromatic N) is 6. The number of halogens is 3. The summed E-state index contributed by atoms with van der Waals surface area (Å²) >= 11 is 5.73. The highest BCUT2D eigenvalue weighted by atomic mass is 32.1. The van der Waals surface area contributed by atoms with Crippen LogP contribution >= 0.6 is 12.2 Å². The number of thiocarbonyl (C=S) groups is 1. The van der Waals surface area contributed by atoms with Crippen LogP contribution < -0.4 is 20.4 Å². The van der Waals surface area contributed by atoms with E-state index in [9.17, 15) is 37.6 Å². The number of ether oxygens (including phenoxy) is 1. The van der Waals surface area contributed by atoms with Crippen LogP contribution in [-0.2, 0) is 25.3 Å². The van der Waals surface area contributed by atoms with E-state index in [0.29, 0.717) is 37.4 Å². The smallest absolute Gasteiger partial charge is 0.378 e. The van der Waals surface area contributed by atoms with Crippen LogP contribution in [0.5, 0.6) is 0 Å². The van der Waals surface area contributed by atoms with Crippen LogP contribution in [0.15, 0.2) is 42.5 Å². The second kappa shape index (κ2) is 17.1. The maximum absolute atomic E-state index is 13.7. The first-order valence-corrected chi connectivity index (χ1v) is 19.8. The summed E-state index contributed by atoms with van der Waals surface area (Å²) in [6, 6.07) is 11.6. The van der Waals surface area contributed by atoms with Gasteiger partial charge in [0, 0.05) is 68.7 Å². The second-order valence-electron chi connectivity index (χ2n) is 15.8. The number of nitriles is 1. The molecule has 1 aliphatic carbocycles. The molecule has 2 N–H and O–H groups in total. The molecule has 2 atom stereocenters. The number of rotatable bonds is 11. The van der Waals surface area contributed by atoms with Gasteiger partial charge in [0.25, 0.3) is 5.91 Å². The van der Waals surface area contributed by atoms with Gasteiger partial charge in [-0.1, -0.05) is 0 Å². The highest BCUT2D eigenvalue weighted by molar-refractivity contribution is 7.80. The summed E-state index contributed by atoms with van der Waals surface area (Å²) in [7, 11) is 0. The van der Waals surface area contributed by atoms with Crippen LogP contribution in [0.2, 0.25) is 0 Å². The molecule has 4 fully saturated rings. The molecule has 3 saturated heterocycles. The normalized spacial score (nSPS) is 24.8. The fraction of sp³-hybridized carbons (Fsp3) is 0.550. The van der Waals surface area contributed by atoms with E-state index in [1.807, 2.05) is 4.90 Å². The Morgan fingerprint density at radius 1 is 1.02 bits per heavy atom. The molecular formula is C40H49F3N8O5S. The molecule has 0 unspecified atom stereocenters. The lowest BCUT2D eigenvalue weighted by Gasteiger charge is -2.44. The number of piperazine rings is 1.